The molecule has 0 aliphatic heterocycles. The topological polar surface area (TPSA) is 77.0 Å². The van der Waals surface area contributed by atoms with Gasteiger partial charge in [-0.25, -0.2) is 4.90 Å². The number of hydrogen-bond acceptors (Lipinski definition) is 4. The minimum absolute atomic E-state index is 0.147. The third kappa shape index (κ3) is 2.10. The first-order chi connectivity index (χ1) is 8.09. The average Bonchev–Trinajstić information content (AvgIpc) is 2.65. The predicted octanol–water partition coefficient (Wildman–Crippen LogP) is 1.08. The molecule has 0 saturated carbocycles. The van der Waals surface area contributed by atoms with Gasteiger partial charge < -0.3 is 10.3 Å². The number of carbonyl (C=O) groups is 1. The van der Waals surface area contributed by atoms with E-state index in [0.717, 1.165) is 0 Å². The SMILES string of the molecule is CC(=O)N(c1cccc(N)c1)c1nncn1C. The van der Waals surface area contributed by atoms with E-state index in [1.165, 1.54) is 18.2 Å². The third-order valence-corrected chi connectivity index (χ3v) is 2.33. The fourth-order valence-electron chi connectivity index (χ4n) is 1.58. The van der Waals surface area contributed by atoms with Gasteiger partial charge in [-0.3, -0.25) is 4.79 Å². The summed E-state index contributed by atoms with van der Waals surface area (Å²) in [6.45, 7) is 1.47. The summed E-state index contributed by atoms with van der Waals surface area (Å²) < 4.78 is 1.67. The molecule has 88 valence electrons. The predicted molar refractivity (Wildman–Crippen MR) is 64.7 cm³/mol. The van der Waals surface area contributed by atoms with Crippen LogP contribution in [0.3, 0.4) is 0 Å². The van der Waals surface area contributed by atoms with Crippen LogP contribution in [0, 0.1) is 0 Å². The normalized spacial score (nSPS) is 10.2. The number of aryl methyl sites for hydroxylation is 1. The van der Waals surface area contributed by atoms with E-state index < -0.39 is 0 Å². The van der Waals surface area contributed by atoms with E-state index in [2.05, 4.69) is 10.2 Å². The van der Waals surface area contributed by atoms with Gasteiger partial charge in [0.25, 0.3) is 0 Å². The highest BCUT2D eigenvalue weighted by Crippen LogP contribution is 2.24. The highest BCUT2D eigenvalue weighted by atomic mass is 16.2. The highest BCUT2D eigenvalue weighted by Gasteiger charge is 2.18. The maximum Gasteiger partial charge on any atom is 0.238 e. The zero-order valence-electron chi connectivity index (χ0n) is 9.66. The lowest BCUT2D eigenvalue weighted by Crippen LogP contribution is -2.25. The van der Waals surface area contributed by atoms with Crippen molar-refractivity contribution in [2.24, 2.45) is 7.05 Å². The van der Waals surface area contributed by atoms with Crippen molar-refractivity contribution in [3.63, 3.8) is 0 Å². The molecule has 1 aromatic heterocycles. The van der Waals surface area contributed by atoms with Crippen molar-refractivity contribution >= 4 is 23.2 Å². The number of nitrogens with two attached hydrogens (primary N) is 1. The Bertz CT molecular complexity index is 548. The second-order valence-corrected chi connectivity index (χ2v) is 3.69. The molecule has 0 radical (unpaired) electrons. The van der Waals surface area contributed by atoms with Crippen molar-refractivity contribution in [2.75, 3.05) is 10.6 Å². The highest BCUT2D eigenvalue weighted by molar-refractivity contribution is 5.97. The first kappa shape index (κ1) is 11.1. The van der Waals surface area contributed by atoms with Crippen molar-refractivity contribution < 1.29 is 4.79 Å². The zero-order valence-corrected chi connectivity index (χ0v) is 9.66. The van der Waals surface area contributed by atoms with Crippen molar-refractivity contribution in [1.82, 2.24) is 14.8 Å². The summed E-state index contributed by atoms with van der Waals surface area (Å²) in [4.78, 5) is 13.2. The first-order valence-electron chi connectivity index (χ1n) is 5.10. The minimum atomic E-state index is -0.147. The van der Waals surface area contributed by atoms with Gasteiger partial charge in [0.05, 0.1) is 5.69 Å². The molecule has 2 rings (SSSR count). The molecule has 6 heteroatoms. The maximum atomic E-state index is 11.7. The third-order valence-electron chi connectivity index (χ3n) is 2.33. The molecular formula is C11H13N5O. The Kier molecular flexibility index (Phi) is 2.78. The fourth-order valence-corrected chi connectivity index (χ4v) is 1.58. The Morgan fingerprint density at radius 2 is 2.24 bits per heavy atom. The molecule has 0 aliphatic rings. The van der Waals surface area contributed by atoms with Crippen LogP contribution in [0.1, 0.15) is 6.92 Å². The van der Waals surface area contributed by atoms with Gasteiger partial charge in [-0.15, -0.1) is 10.2 Å². The number of hydrogen-bond donors (Lipinski definition) is 1. The molecule has 0 aliphatic carbocycles. The Morgan fingerprint density at radius 3 is 2.76 bits per heavy atom. The molecule has 0 spiro atoms. The summed E-state index contributed by atoms with van der Waals surface area (Å²) in [5, 5.41) is 7.68. The second kappa shape index (κ2) is 4.25. The molecule has 1 heterocycles. The van der Waals surface area contributed by atoms with E-state index in [9.17, 15) is 4.79 Å². The van der Waals surface area contributed by atoms with E-state index in [1.807, 2.05) is 0 Å². The number of nitrogens with zero attached hydrogens (tertiary/aromatic N) is 4. The molecule has 0 unspecified atom stereocenters. The number of rotatable bonds is 2. The average molecular weight is 231 g/mol. The fraction of sp³-hybridized carbons (Fsp3) is 0.182. The van der Waals surface area contributed by atoms with Gasteiger partial charge in [-0.2, -0.15) is 0 Å². The molecule has 1 amide bonds. The lowest BCUT2D eigenvalue weighted by Gasteiger charge is -2.19. The largest absolute Gasteiger partial charge is 0.399 e. The van der Waals surface area contributed by atoms with Crippen molar-refractivity contribution in [3.05, 3.63) is 30.6 Å². The summed E-state index contributed by atoms with van der Waals surface area (Å²) in [7, 11) is 1.78. The molecule has 0 saturated heterocycles. The van der Waals surface area contributed by atoms with Crippen LogP contribution in [-0.4, -0.2) is 20.7 Å². The molecule has 2 aromatic rings. The molecule has 1 aromatic carbocycles. The van der Waals surface area contributed by atoms with E-state index in [-0.39, 0.29) is 5.91 Å². The van der Waals surface area contributed by atoms with Crippen LogP contribution in [0.5, 0.6) is 0 Å². The quantitative estimate of drug-likeness (QED) is 0.784. The summed E-state index contributed by atoms with van der Waals surface area (Å²) >= 11 is 0. The van der Waals surface area contributed by atoms with Crippen molar-refractivity contribution in [2.45, 2.75) is 6.92 Å². The van der Waals surface area contributed by atoms with Gasteiger partial charge >= 0.3 is 0 Å². The summed E-state index contributed by atoms with van der Waals surface area (Å²) in [5.41, 5.74) is 6.98. The van der Waals surface area contributed by atoms with E-state index in [4.69, 9.17) is 5.73 Å². The molecule has 0 fully saturated rings. The second-order valence-electron chi connectivity index (χ2n) is 3.69. The summed E-state index contributed by atoms with van der Waals surface area (Å²) in [6, 6.07) is 7.07. The van der Waals surface area contributed by atoms with Crippen LogP contribution in [0.25, 0.3) is 0 Å². The zero-order chi connectivity index (χ0) is 12.4. The van der Waals surface area contributed by atoms with Gasteiger partial charge in [-0.05, 0) is 18.2 Å². The van der Waals surface area contributed by atoms with E-state index in [1.54, 1.807) is 35.9 Å². The lowest BCUT2D eigenvalue weighted by molar-refractivity contribution is -0.115. The number of anilines is 3. The molecule has 17 heavy (non-hydrogen) atoms. The van der Waals surface area contributed by atoms with Gasteiger partial charge in [0, 0.05) is 19.7 Å². The summed E-state index contributed by atoms with van der Waals surface area (Å²) in [6.07, 6.45) is 1.54. The maximum absolute atomic E-state index is 11.7. The number of aromatic nitrogens is 3. The number of benzene rings is 1. The minimum Gasteiger partial charge on any atom is -0.399 e. The van der Waals surface area contributed by atoms with Gasteiger partial charge in [-0.1, -0.05) is 6.07 Å². The molecule has 0 atom stereocenters. The number of amides is 1. The van der Waals surface area contributed by atoms with Crippen molar-refractivity contribution in [1.29, 1.82) is 0 Å². The summed E-state index contributed by atoms with van der Waals surface area (Å²) in [5.74, 6) is 0.315. The van der Waals surface area contributed by atoms with Crippen LogP contribution in [0.2, 0.25) is 0 Å². The van der Waals surface area contributed by atoms with Crippen LogP contribution in [-0.2, 0) is 11.8 Å². The van der Waals surface area contributed by atoms with Gasteiger partial charge in [0.1, 0.15) is 6.33 Å². The van der Waals surface area contributed by atoms with Crippen LogP contribution in [0.4, 0.5) is 17.3 Å². The first-order valence-corrected chi connectivity index (χ1v) is 5.10. The van der Waals surface area contributed by atoms with Crippen LogP contribution >= 0.6 is 0 Å². The van der Waals surface area contributed by atoms with Crippen LogP contribution < -0.4 is 10.6 Å². The molecular weight excluding hydrogens is 218 g/mol. The monoisotopic (exact) mass is 231 g/mol. The Labute approximate surface area is 98.7 Å². The standard InChI is InChI=1S/C11H13N5O/c1-8(17)16(11-14-13-7-15(11)2)10-5-3-4-9(12)6-10/h3-7H,12H2,1-2H3. The lowest BCUT2D eigenvalue weighted by atomic mass is 10.2. The Morgan fingerprint density at radius 1 is 1.47 bits per heavy atom. The molecule has 0 bridgehead atoms. The smallest absolute Gasteiger partial charge is 0.238 e. The number of nitrogen functional groups attached to an aromatic ring is 1. The van der Waals surface area contributed by atoms with Gasteiger partial charge in [0.15, 0.2) is 0 Å². The Hall–Kier alpha value is -2.37. The van der Waals surface area contributed by atoms with E-state index in [0.29, 0.717) is 17.3 Å². The number of carbonyl (C=O) groups excluding carboxylic acids is 1. The molecule has 2 N–H and O–H groups in total. The van der Waals surface area contributed by atoms with E-state index >= 15 is 0 Å². The van der Waals surface area contributed by atoms with Crippen LogP contribution in [0.15, 0.2) is 30.6 Å². The Balaban J connectivity index is 2.50. The van der Waals surface area contributed by atoms with Crippen molar-refractivity contribution in [3.8, 4) is 0 Å². The molecule has 6 nitrogen and oxygen atoms in total. The van der Waals surface area contributed by atoms with Gasteiger partial charge in [0.2, 0.25) is 11.9 Å².